The lowest BCUT2D eigenvalue weighted by Crippen LogP contribution is -2.42. The van der Waals surface area contributed by atoms with Crippen LogP contribution in [0.5, 0.6) is 0 Å². The zero-order valence-electron chi connectivity index (χ0n) is 13.8. The fourth-order valence-corrected chi connectivity index (χ4v) is 2.86. The monoisotopic (exact) mass is 353 g/mol. The number of hydrogen-bond acceptors (Lipinski definition) is 5. The van der Waals surface area contributed by atoms with Gasteiger partial charge in [0.05, 0.1) is 18.7 Å². The van der Waals surface area contributed by atoms with E-state index in [0.717, 1.165) is 5.56 Å². The highest BCUT2D eigenvalue weighted by Gasteiger charge is 2.30. The molecule has 1 atom stereocenters. The summed E-state index contributed by atoms with van der Waals surface area (Å²) in [6.45, 7) is 0.939. The van der Waals surface area contributed by atoms with Crippen LogP contribution >= 0.6 is 0 Å². The second-order valence-electron chi connectivity index (χ2n) is 5.91. The maximum Gasteiger partial charge on any atom is 0.258 e. The third-order valence-electron chi connectivity index (χ3n) is 4.21. The highest BCUT2D eigenvalue weighted by Crippen LogP contribution is 2.24. The van der Waals surface area contributed by atoms with E-state index >= 15 is 0 Å². The summed E-state index contributed by atoms with van der Waals surface area (Å²) in [6.07, 6.45) is -0.513. The third-order valence-corrected chi connectivity index (χ3v) is 4.21. The lowest BCUT2D eigenvalue weighted by Gasteiger charge is -2.31. The Labute approximate surface area is 149 Å². The summed E-state index contributed by atoms with van der Waals surface area (Å²) in [5.41, 5.74) is 0.854. The zero-order valence-corrected chi connectivity index (χ0v) is 13.8. The molecule has 1 aliphatic rings. The Bertz CT molecular complexity index is 913. The number of amides is 1. The number of benzene rings is 2. The van der Waals surface area contributed by atoms with Crippen molar-refractivity contribution in [3.63, 3.8) is 0 Å². The summed E-state index contributed by atoms with van der Waals surface area (Å²) in [4.78, 5) is 18.5. The molecule has 1 fully saturated rings. The van der Waals surface area contributed by atoms with Crippen molar-refractivity contribution in [1.29, 1.82) is 0 Å². The van der Waals surface area contributed by atoms with Crippen molar-refractivity contribution in [3.8, 4) is 11.5 Å². The molecule has 1 amide bonds. The first-order valence-corrected chi connectivity index (χ1v) is 8.27. The molecule has 0 N–H and O–H groups in total. The lowest BCUT2D eigenvalue weighted by atomic mass is 10.1. The molecule has 1 aromatic heterocycles. The summed E-state index contributed by atoms with van der Waals surface area (Å²) < 4.78 is 24.9. The first kappa shape index (κ1) is 16.4. The van der Waals surface area contributed by atoms with Crippen LogP contribution in [-0.2, 0) is 4.74 Å². The second-order valence-corrected chi connectivity index (χ2v) is 5.91. The number of carbonyl (C=O) groups excluding carboxylic acids is 1. The Morgan fingerprint density at radius 1 is 1.12 bits per heavy atom. The van der Waals surface area contributed by atoms with Crippen molar-refractivity contribution in [1.82, 2.24) is 15.0 Å². The van der Waals surface area contributed by atoms with Gasteiger partial charge < -0.3 is 14.2 Å². The SMILES string of the molecule is O=C(c1ccccc1F)N1CCO[C@@H](c2noc(-c3ccccc3)n2)C1. The van der Waals surface area contributed by atoms with Crippen molar-refractivity contribution in [3.05, 3.63) is 71.8 Å². The Kier molecular flexibility index (Phi) is 4.45. The summed E-state index contributed by atoms with van der Waals surface area (Å²) in [7, 11) is 0. The molecule has 6 nitrogen and oxygen atoms in total. The molecule has 1 saturated heterocycles. The number of halogens is 1. The Morgan fingerprint density at radius 3 is 2.69 bits per heavy atom. The van der Waals surface area contributed by atoms with E-state index in [2.05, 4.69) is 10.1 Å². The van der Waals surface area contributed by atoms with Gasteiger partial charge in [-0.15, -0.1) is 0 Å². The van der Waals surface area contributed by atoms with Crippen LogP contribution in [0.2, 0.25) is 0 Å². The van der Waals surface area contributed by atoms with E-state index in [1.807, 2.05) is 30.3 Å². The van der Waals surface area contributed by atoms with E-state index in [-0.39, 0.29) is 18.0 Å². The molecule has 0 bridgehead atoms. The molecule has 1 aliphatic heterocycles. The van der Waals surface area contributed by atoms with Crippen molar-refractivity contribution < 1.29 is 18.4 Å². The van der Waals surface area contributed by atoms with Gasteiger partial charge in [-0.3, -0.25) is 4.79 Å². The standard InChI is InChI=1S/C19H16FN3O3/c20-15-9-5-4-8-14(15)19(24)23-10-11-25-16(12-23)17-21-18(26-22-17)13-6-2-1-3-7-13/h1-9,16H,10-12H2/t16-/m1/s1. The number of nitrogens with zero attached hydrogens (tertiary/aromatic N) is 3. The molecule has 0 unspecified atom stereocenters. The molecule has 0 spiro atoms. The van der Waals surface area contributed by atoms with E-state index in [1.165, 1.54) is 12.1 Å². The molecule has 7 heteroatoms. The predicted molar refractivity (Wildman–Crippen MR) is 90.7 cm³/mol. The second kappa shape index (κ2) is 7.05. The normalized spacial score (nSPS) is 17.3. The van der Waals surface area contributed by atoms with Crippen molar-refractivity contribution in [2.75, 3.05) is 19.7 Å². The molecular weight excluding hydrogens is 337 g/mol. The summed E-state index contributed by atoms with van der Waals surface area (Å²) in [5, 5.41) is 3.98. The van der Waals surface area contributed by atoms with Gasteiger partial charge in [0.1, 0.15) is 11.9 Å². The number of aromatic nitrogens is 2. The Hall–Kier alpha value is -3.06. The number of morpholine rings is 1. The van der Waals surface area contributed by atoms with Gasteiger partial charge in [0, 0.05) is 12.1 Å². The first-order valence-electron chi connectivity index (χ1n) is 8.27. The van der Waals surface area contributed by atoms with Gasteiger partial charge in [-0.25, -0.2) is 4.39 Å². The van der Waals surface area contributed by atoms with Crippen LogP contribution < -0.4 is 0 Å². The van der Waals surface area contributed by atoms with Gasteiger partial charge in [-0.05, 0) is 24.3 Å². The maximum atomic E-state index is 13.9. The minimum absolute atomic E-state index is 0.0474. The van der Waals surface area contributed by atoms with E-state index in [1.54, 1.807) is 17.0 Å². The van der Waals surface area contributed by atoms with Crippen LogP contribution in [0.1, 0.15) is 22.3 Å². The van der Waals surface area contributed by atoms with Gasteiger partial charge in [0.15, 0.2) is 0 Å². The van der Waals surface area contributed by atoms with Crippen LogP contribution in [0.4, 0.5) is 4.39 Å². The number of hydrogen-bond donors (Lipinski definition) is 0. The summed E-state index contributed by atoms with van der Waals surface area (Å²) in [6, 6.07) is 15.3. The fourth-order valence-electron chi connectivity index (χ4n) is 2.86. The first-order chi connectivity index (χ1) is 12.7. The predicted octanol–water partition coefficient (Wildman–Crippen LogP) is 3.09. The third kappa shape index (κ3) is 3.21. The van der Waals surface area contributed by atoms with Crippen LogP contribution in [0.25, 0.3) is 11.5 Å². The van der Waals surface area contributed by atoms with Crippen LogP contribution in [-0.4, -0.2) is 40.6 Å². The van der Waals surface area contributed by atoms with Crippen LogP contribution in [0.15, 0.2) is 59.1 Å². The van der Waals surface area contributed by atoms with Gasteiger partial charge in [0.2, 0.25) is 5.82 Å². The minimum atomic E-state index is -0.536. The van der Waals surface area contributed by atoms with Gasteiger partial charge >= 0.3 is 0 Å². The Balaban J connectivity index is 1.52. The molecule has 132 valence electrons. The van der Waals surface area contributed by atoms with E-state index in [0.29, 0.717) is 24.9 Å². The molecule has 0 saturated carbocycles. The lowest BCUT2D eigenvalue weighted by molar-refractivity contribution is -0.0277. The van der Waals surface area contributed by atoms with Crippen molar-refractivity contribution >= 4 is 5.91 Å². The van der Waals surface area contributed by atoms with Crippen molar-refractivity contribution in [2.45, 2.75) is 6.10 Å². The van der Waals surface area contributed by atoms with Crippen LogP contribution in [0.3, 0.4) is 0 Å². The molecule has 2 aromatic carbocycles. The van der Waals surface area contributed by atoms with E-state index in [4.69, 9.17) is 9.26 Å². The van der Waals surface area contributed by atoms with Gasteiger partial charge in [-0.2, -0.15) is 4.98 Å². The van der Waals surface area contributed by atoms with Gasteiger partial charge in [-0.1, -0.05) is 35.5 Å². The zero-order chi connectivity index (χ0) is 17.9. The average molecular weight is 353 g/mol. The highest BCUT2D eigenvalue weighted by molar-refractivity contribution is 5.94. The van der Waals surface area contributed by atoms with E-state index in [9.17, 15) is 9.18 Å². The molecule has 3 aromatic rings. The number of ether oxygens (including phenoxy) is 1. The summed E-state index contributed by atoms with van der Waals surface area (Å²) in [5.74, 6) is -0.147. The van der Waals surface area contributed by atoms with Crippen LogP contribution in [0, 0.1) is 5.82 Å². The topological polar surface area (TPSA) is 68.5 Å². The summed E-state index contributed by atoms with van der Waals surface area (Å²) >= 11 is 0. The Morgan fingerprint density at radius 2 is 1.88 bits per heavy atom. The quantitative estimate of drug-likeness (QED) is 0.724. The maximum absolute atomic E-state index is 13.9. The molecular formula is C19H16FN3O3. The van der Waals surface area contributed by atoms with E-state index < -0.39 is 11.9 Å². The molecule has 26 heavy (non-hydrogen) atoms. The smallest absolute Gasteiger partial charge is 0.258 e. The van der Waals surface area contributed by atoms with Gasteiger partial charge in [0.25, 0.3) is 11.8 Å². The molecule has 0 aliphatic carbocycles. The van der Waals surface area contributed by atoms with Crippen molar-refractivity contribution in [2.24, 2.45) is 0 Å². The largest absolute Gasteiger partial charge is 0.366 e. The highest BCUT2D eigenvalue weighted by atomic mass is 19.1. The molecule has 2 heterocycles. The molecule has 4 rings (SSSR count). The number of carbonyl (C=O) groups is 1. The molecule has 0 radical (unpaired) electrons. The minimum Gasteiger partial charge on any atom is -0.366 e. The average Bonchev–Trinajstić information content (AvgIpc) is 3.19. The number of rotatable bonds is 3. The fraction of sp³-hybridized carbons (Fsp3) is 0.211.